The molecule has 1 amide bonds. The zero-order chi connectivity index (χ0) is 19.4. The number of amides is 1. The van der Waals surface area contributed by atoms with Gasteiger partial charge >= 0.3 is 6.36 Å². The predicted octanol–water partition coefficient (Wildman–Crippen LogP) is 2.45. The topological polar surface area (TPSA) is 73.2 Å². The average Bonchev–Trinajstić information content (AvgIpc) is 2.61. The van der Waals surface area contributed by atoms with Crippen LogP contribution in [-0.2, 0) is 19.4 Å². The number of carbonyl (C=O) groups is 1. The SMILES string of the molecule is O=C(NCCn1nc2c(cc1=O)CCCC2)c1cccc(OC(F)(F)F)c1. The van der Waals surface area contributed by atoms with E-state index >= 15 is 0 Å². The van der Waals surface area contributed by atoms with Crippen molar-refractivity contribution in [2.45, 2.75) is 38.6 Å². The summed E-state index contributed by atoms with van der Waals surface area (Å²) in [5, 5.41) is 6.91. The van der Waals surface area contributed by atoms with Crippen LogP contribution in [0.15, 0.2) is 35.1 Å². The van der Waals surface area contributed by atoms with Crippen LogP contribution in [0.1, 0.15) is 34.5 Å². The zero-order valence-electron chi connectivity index (χ0n) is 14.4. The van der Waals surface area contributed by atoms with E-state index in [0.717, 1.165) is 49.1 Å². The van der Waals surface area contributed by atoms with Gasteiger partial charge in [-0.25, -0.2) is 4.68 Å². The van der Waals surface area contributed by atoms with E-state index in [9.17, 15) is 22.8 Å². The fourth-order valence-electron chi connectivity index (χ4n) is 2.97. The molecule has 2 aromatic rings. The van der Waals surface area contributed by atoms with E-state index in [-0.39, 0.29) is 24.2 Å². The highest BCUT2D eigenvalue weighted by Crippen LogP contribution is 2.23. The van der Waals surface area contributed by atoms with Gasteiger partial charge in [0.1, 0.15) is 5.75 Å². The minimum atomic E-state index is -4.83. The molecule has 1 N–H and O–H groups in total. The molecular formula is C18H18F3N3O3. The summed E-state index contributed by atoms with van der Waals surface area (Å²) >= 11 is 0. The Hall–Kier alpha value is -2.84. The molecule has 0 unspecified atom stereocenters. The van der Waals surface area contributed by atoms with Crippen molar-refractivity contribution >= 4 is 5.91 Å². The van der Waals surface area contributed by atoms with E-state index in [2.05, 4.69) is 15.2 Å². The van der Waals surface area contributed by atoms with Gasteiger partial charge < -0.3 is 10.1 Å². The number of hydrogen-bond donors (Lipinski definition) is 1. The summed E-state index contributed by atoms with van der Waals surface area (Å²) in [6.45, 7) is 0.297. The third-order valence-corrected chi connectivity index (χ3v) is 4.21. The molecule has 144 valence electrons. The number of fused-ring (bicyclic) bond motifs is 1. The second kappa shape index (κ2) is 7.81. The minimum Gasteiger partial charge on any atom is -0.406 e. The molecule has 0 saturated carbocycles. The summed E-state index contributed by atoms with van der Waals surface area (Å²) in [5.74, 6) is -1.03. The summed E-state index contributed by atoms with van der Waals surface area (Å²) in [6.07, 6.45) is -1.07. The van der Waals surface area contributed by atoms with Gasteiger partial charge in [-0.05, 0) is 49.4 Å². The number of aromatic nitrogens is 2. The third-order valence-electron chi connectivity index (χ3n) is 4.21. The van der Waals surface area contributed by atoms with Crippen molar-refractivity contribution in [3.8, 4) is 5.75 Å². The first-order valence-corrected chi connectivity index (χ1v) is 8.56. The van der Waals surface area contributed by atoms with Crippen LogP contribution in [0.4, 0.5) is 13.2 Å². The largest absolute Gasteiger partial charge is 0.573 e. The fraction of sp³-hybridized carbons (Fsp3) is 0.389. The monoisotopic (exact) mass is 381 g/mol. The lowest BCUT2D eigenvalue weighted by Crippen LogP contribution is -2.33. The Kier molecular flexibility index (Phi) is 5.48. The lowest BCUT2D eigenvalue weighted by atomic mass is 9.97. The number of aryl methyl sites for hydroxylation is 2. The molecule has 9 heteroatoms. The maximum absolute atomic E-state index is 12.3. The number of alkyl halides is 3. The normalized spacial score (nSPS) is 13.7. The van der Waals surface area contributed by atoms with E-state index in [4.69, 9.17) is 0 Å². The molecular weight excluding hydrogens is 363 g/mol. The van der Waals surface area contributed by atoms with Crippen molar-refractivity contribution in [3.05, 3.63) is 57.5 Å². The van der Waals surface area contributed by atoms with Gasteiger partial charge in [0.25, 0.3) is 11.5 Å². The molecule has 0 saturated heterocycles. The van der Waals surface area contributed by atoms with Gasteiger partial charge in [0.15, 0.2) is 0 Å². The molecule has 1 aromatic carbocycles. The molecule has 6 nitrogen and oxygen atoms in total. The molecule has 1 heterocycles. The number of nitrogens with one attached hydrogen (secondary N) is 1. The molecule has 0 bridgehead atoms. The second-order valence-corrected chi connectivity index (χ2v) is 6.22. The van der Waals surface area contributed by atoms with E-state index < -0.39 is 18.0 Å². The first-order valence-electron chi connectivity index (χ1n) is 8.56. The lowest BCUT2D eigenvalue weighted by molar-refractivity contribution is -0.274. The van der Waals surface area contributed by atoms with Crippen LogP contribution in [0.3, 0.4) is 0 Å². The quantitative estimate of drug-likeness (QED) is 0.864. The summed E-state index contributed by atoms with van der Waals surface area (Å²) in [5.41, 5.74) is 1.69. The van der Waals surface area contributed by atoms with Crippen LogP contribution in [0.2, 0.25) is 0 Å². The maximum Gasteiger partial charge on any atom is 0.573 e. The highest BCUT2D eigenvalue weighted by atomic mass is 19.4. The molecule has 27 heavy (non-hydrogen) atoms. The van der Waals surface area contributed by atoms with Gasteiger partial charge in [0.05, 0.1) is 12.2 Å². The van der Waals surface area contributed by atoms with E-state index in [1.54, 1.807) is 6.07 Å². The number of rotatable bonds is 5. The Balaban J connectivity index is 1.60. The molecule has 0 fully saturated rings. The molecule has 0 spiro atoms. The maximum atomic E-state index is 12.3. The number of benzene rings is 1. The molecule has 3 rings (SSSR count). The second-order valence-electron chi connectivity index (χ2n) is 6.22. The van der Waals surface area contributed by atoms with Crippen LogP contribution in [0.5, 0.6) is 5.75 Å². The minimum absolute atomic E-state index is 0.0301. The van der Waals surface area contributed by atoms with Crippen molar-refractivity contribution in [2.24, 2.45) is 0 Å². The Morgan fingerprint density at radius 2 is 2.00 bits per heavy atom. The van der Waals surface area contributed by atoms with Gasteiger partial charge in [-0.2, -0.15) is 5.10 Å². The number of hydrogen-bond acceptors (Lipinski definition) is 4. The molecule has 0 atom stereocenters. The Morgan fingerprint density at radius 1 is 1.22 bits per heavy atom. The molecule has 0 aliphatic heterocycles. The number of halogens is 3. The van der Waals surface area contributed by atoms with Gasteiger partial charge in [-0.1, -0.05) is 6.07 Å². The van der Waals surface area contributed by atoms with Gasteiger partial charge in [0.2, 0.25) is 0 Å². The summed E-state index contributed by atoms with van der Waals surface area (Å²) in [6, 6.07) is 6.38. The van der Waals surface area contributed by atoms with Gasteiger partial charge in [-0.3, -0.25) is 9.59 Å². The van der Waals surface area contributed by atoms with E-state index in [1.807, 2.05) is 0 Å². The van der Waals surface area contributed by atoms with Gasteiger partial charge in [-0.15, -0.1) is 13.2 Å². The van der Waals surface area contributed by atoms with E-state index in [0.29, 0.717) is 0 Å². The zero-order valence-corrected chi connectivity index (χ0v) is 14.4. The van der Waals surface area contributed by atoms with Crippen LogP contribution < -0.4 is 15.6 Å². The smallest absolute Gasteiger partial charge is 0.406 e. The van der Waals surface area contributed by atoms with Crippen molar-refractivity contribution in [1.82, 2.24) is 15.1 Å². The van der Waals surface area contributed by atoms with Crippen molar-refractivity contribution in [2.75, 3.05) is 6.54 Å². The molecule has 1 aliphatic carbocycles. The predicted molar refractivity (Wildman–Crippen MR) is 90.6 cm³/mol. The average molecular weight is 381 g/mol. The van der Waals surface area contributed by atoms with Crippen molar-refractivity contribution in [1.29, 1.82) is 0 Å². The molecule has 0 radical (unpaired) electrons. The summed E-state index contributed by atoms with van der Waals surface area (Å²) < 4.78 is 41.9. The molecule has 1 aromatic heterocycles. The van der Waals surface area contributed by atoms with Crippen LogP contribution in [0.25, 0.3) is 0 Å². The standard InChI is InChI=1S/C18H18F3N3O3/c19-18(20,21)27-14-6-3-5-13(10-14)17(26)22-8-9-24-16(25)11-12-4-1-2-7-15(12)23-24/h3,5-6,10-11H,1-2,4,7-9H2,(H,22,26). The van der Waals surface area contributed by atoms with Crippen LogP contribution in [0, 0.1) is 0 Å². The highest BCUT2D eigenvalue weighted by Gasteiger charge is 2.31. The summed E-state index contributed by atoms with van der Waals surface area (Å²) in [7, 11) is 0. The van der Waals surface area contributed by atoms with Gasteiger partial charge in [0, 0.05) is 18.2 Å². The molecule has 1 aliphatic rings. The first-order chi connectivity index (χ1) is 12.8. The van der Waals surface area contributed by atoms with Crippen LogP contribution >= 0.6 is 0 Å². The van der Waals surface area contributed by atoms with Crippen LogP contribution in [-0.4, -0.2) is 28.6 Å². The van der Waals surface area contributed by atoms with Crippen molar-refractivity contribution in [3.63, 3.8) is 0 Å². The first kappa shape index (κ1) is 18.9. The Labute approximate surface area is 153 Å². The van der Waals surface area contributed by atoms with Crippen molar-refractivity contribution < 1.29 is 22.7 Å². The number of ether oxygens (including phenoxy) is 1. The summed E-state index contributed by atoms with van der Waals surface area (Å²) in [4.78, 5) is 24.2. The Morgan fingerprint density at radius 3 is 2.78 bits per heavy atom. The third kappa shape index (κ3) is 5.08. The fourth-order valence-corrected chi connectivity index (χ4v) is 2.97. The van der Waals surface area contributed by atoms with E-state index in [1.165, 1.54) is 16.8 Å². The lowest BCUT2D eigenvalue weighted by Gasteiger charge is -2.16. The highest BCUT2D eigenvalue weighted by molar-refractivity contribution is 5.94. The number of nitrogens with zero attached hydrogens (tertiary/aromatic N) is 2. The Bertz CT molecular complexity index is 893. The number of carbonyl (C=O) groups excluding carboxylic acids is 1.